The molecule has 100 heavy (non-hydrogen) atoms. The molecule has 6 aliphatic rings. The van der Waals surface area contributed by atoms with Crippen molar-refractivity contribution in [2.45, 2.75) is 77.0 Å². The van der Waals surface area contributed by atoms with Gasteiger partial charge in [-0.15, -0.1) is 17.2 Å². The van der Waals surface area contributed by atoms with Crippen molar-refractivity contribution in [1.29, 1.82) is 0 Å². The molecule has 0 spiro atoms. The Hall–Kier alpha value is -6.25. The quantitative estimate of drug-likeness (QED) is 0.143. The minimum atomic E-state index is -0.0784. The fourth-order valence-electron chi connectivity index (χ4n) is 12.2. The zero-order chi connectivity index (χ0) is 66.5. The predicted molar refractivity (Wildman–Crippen MR) is 384 cm³/mol. The van der Waals surface area contributed by atoms with Gasteiger partial charge in [0, 0.05) is 132 Å². The first-order valence-electron chi connectivity index (χ1n) is 33.9. The number of phenolic OH excluding ortho intramolecular Hbond substituents is 3. The number of hydrogen-bond acceptors (Lipinski definition) is 12. The van der Waals surface area contributed by atoms with Crippen LogP contribution in [0, 0.1) is 35.6 Å². The molecule has 16 heteroatoms. The van der Waals surface area contributed by atoms with E-state index >= 15 is 0 Å². The van der Waals surface area contributed by atoms with Crippen molar-refractivity contribution in [1.82, 2.24) is 0 Å². The second-order valence-corrected chi connectivity index (χ2v) is 23.9. The van der Waals surface area contributed by atoms with E-state index in [-0.39, 0.29) is 127 Å². The number of ether oxygens (including phenoxy) is 6. The van der Waals surface area contributed by atoms with Crippen LogP contribution in [0.5, 0.6) is 34.5 Å². The Labute approximate surface area is 652 Å². The molecular weight excluding hydrogens is 1360 g/mol. The van der Waals surface area contributed by atoms with Gasteiger partial charge in [-0.25, -0.2) is 0 Å². The minimum absolute atomic E-state index is 0. The monoisotopic (exact) mass is 1450 g/mol. The maximum atomic E-state index is 12.5. The number of phenols is 3. The van der Waals surface area contributed by atoms with Gasteiger partial charge < -0.3 is 59.1 Å². The topological polar surface area (TPSA) is 185 Å². The number of benzene rings is 12. The standard InChI is InChI=1S/3C20H14O2.6C4H8O.La.3Li/c3*21-17-11-9-13-5-1-3-7-15(13)19(17)20-16-8-4-2-6-14(16)10-12-18(20)22;6*1-2-4-5-3-1;;;;/h3*1-12,21-22H;6*1-4H2;;;;/q;;;;;;;;;;3*+1/p-3. The van der Waals surface area contributed by atoms with E-state index < -0.39 is 0 Å². The summed E-state index contributed by atoms with van der Waals surface area (Å²) in [6.07, 6.45) is 15.3. The van der Waals surface area contributed by atoms with Crippen LogP contribution in [-0.2, 0) is 28.4 Å². The first-order chi connectivity index (χ1) is 47.3. The third-order valence-corrected chi connectivity index (χ3v) is 17.1. The summed E-state index contributed by atoms with van der Waals surface area (Å²) in [6, 6.07) is 67.3. The van der Waals surface area contributed by atoms with Crippen LogP contribution in [0.4, 0.5) is 0 Å². The second kappa shape index (κ2) is 45.0. The van der Waals surface area contributed by atoms with Gasteiger partial charge >= 0.3 is 56.6 Å². The molecule has 0 aromatic heterocycles. The van der Waals surface area contributed by atoms with Gasteiger partial charge in [0.1, 0.15) is 17.2 Å². The third-order valence-electron chi connectivity index (χ3n) is 17.1. The predicted octanol–water partition coefficient (Wildman–Crippen LogP) is 9.11. The van der Waals surface area contributed by atoms with Crippen LogP contribution in [-0.4, -0.2) is 94.6 Å². The summed E-state index contributed by atoms with van der Waals surface area (Å²) >= 11 is 0. The molecule has 12 aromatic carbocycles. The van der Waals surface area contributed by atoms with Crippen molar-refractivity contribution in [3.05, 3.63) is 218 Å². The van der Waals surface area contributed by atoms with E-state index in [2.05, 4.69) is 0 Å². The van der Waals surface area contributed by atoms with Gasteiger partial charge in [0.2, 0.25) is 0 Å². The van der Waals surface area contributed by atoms with Gasteiger partial charge in [0.25, 0.3) is 0 Å². The summed E-state index contributed by atoms with van der Waals surface area (Å²) in [5, 5.41) is 80.0. The zero-order valence-corrected chi connectivity index (χ0v) is 62.0. The van der Waals surface area contributed by atoms with E-state index in [0.717, 1.165) is 144 Å². The van der Waals surface area contributed by atoms with Gasteiger partial charge in [-0.05, 0) is 177 Å². The zero-order valence-electron chi connectivity index (χ0n) is 58.3. The van der Waals surface area contributed by atoms with Gasteiger partial charge in [0.15, 0.2) is 0 Å². The number of rotatable bonds is 3. The molecular formula is C84H87LaLi3O12. The Morgan fingerprint density at radius 1 is 0.200 bits per heavy atom. The molecule has 12 aromatic rings. The maximum Gasteiger partial charge on any atom is 1.00 e. The smallest absolute Gasteiger partial charge is 0.872 e. The van der Waals surface area contributed by atoms with Gasteiger partial charge in [-0.2, -0.15) is 0 Å². The molecule has 501 valence electrons. The molecule has 0 amide bonds. The van der Waals surface area contributed by atoms with Gasteiger partial charge in [-0.1, -0.05) is 200 Å². The maximum absolute atomic E-state index is 12.5. The molecule has 0 bridgehead atoms. The molecule has 6 fully saturated rings. The molecule has 6 heterocycles. The first-order valence-corrected chi connectivity index (χ1v) is 33.9. The van der Waals surface area contributed by atoms with Gasteiger partial charge in [0.05, 0.1) is 0 Å². The number of aromatic hydroxyl groups is 3. The molecule has 0 saturated carbocycles. The third kappa shape index (κ3) is 23.4. The normalized spacial score (nSPS) is 14.5. The number of hydrogen-bond donors (Lipinski definition) is 3. The Morgan fingerprint density at radius 2 is 0.350 bits per heavy atom. The SMILES string of the molecule is C1CCOC1.C1CCOC1.C1CCOC1.C1CCOC1.C1CCOC1.C1CCOC1.[La].[Li+].[Li+].[Li+].[O-]c1ccc2ccccc2c1-c1c(O)ccc2ccccc12.[O-]c1ccc2ccccc2c1-c1c(O)ccc2ccccc12.[O-]c1ccc2ccccc2c1-c1c(O)ccc2ccccc12. The molecule has 0 aliphatic carbocycles. The summed E-state index contributed by atoms with van der Waals surface area (Å²) in [6.45, 7) is 12.0. The van der Waals surface area contributed by atoms with Crippen molar-refractivity contribution >= 4 is 64.6 Å². The Bertz CT molecular complexity index is 3630. The summed E-state index contributed by atoms with van der Waals surface area (Å²) in [5.74, 6) is 0.160. The van der Waals surface area contributed by atoms with Crippen LogP contribution >= 0.6 is 0 Å². The summed E-state index contributed by atoms with van der Waals surface area (Å²) in [7, 11) is 0. The summed E-state index contributed by atoms with van der Waals surface area (Å²) in [4.78, 5) is 0. The molecule has 0 atom stereocenters. The van der Waals surface area contributed by atoms with E-state index in [1.807, 2.05) is 182 Å². The first kappa shape index (κ1) is 82.7. The minimum Gasteiger partial charge on any atom is -0.872 e. The van der Waals surface area contributed by atoms with E-state index in [4.69, 9.17) is 28.4 Å². The Balaban J connectivity index is 0.000000192. The van der Waals surface area contributed by atoms with E-state index in [0.29, 0.717) is 33.4 Å². The molecule has 0 unspecified atom stereocenters. The summed E-state index contributed by atoms with van der Waals surface area (Å²) < 4.78 is 29.7. The average molecular weight is 1450 g/mol. The van der Waals surface area contributed by atoms with Crippen molar-refractivity contribution in [2.75, 3.05) is 79.3 Å². The largest absolute Gasteiger partial charge is 1.00 e. The van der Waals surface area contributed by atoms with Crippen LogP contribution in [0.3, 0.4) is 0 Å². The molecule has 1 radical (unpaired) electrons. The van der Waals surface area contributed by atoms with Crippen LogP contribution in [0.25, 0.3) is 98.0 Å². The fourth-order valence-corrected chi connectivity index (χ4v) is 12.2. The van der Waals surface area contributed by atoms with Crippen molar-refractivity contribution in [3.8, 4) is 67.9 Å². The van der Waals surface area contributed by atoms with Crippen LogP contribution in [0.1, 0.15) is 77.0 Å². The van der Waals surface area contributed by atoms with Crippen LogP contribution in [0.15, 0.2) is 218 Å². The van der Waals surface area contributed by atoms with Crippen molar-refractivity contribution < 1.29 is 151 Å². The van der Waals surface area contributed by atoms with Crippen LogP contribution < -0.4 is 71.9 Å². The van der Waals surface area contributed by atoms with Crippen molar-refractivity contribution in [2.24, 2.45) is 0 Å². The van der Waals surface area contributed by atoms with Gasteiger partial charge in [-0.3, -0.25) is 0 Å². The Kier molecular flexibility index (Phi) is 37.2. The van der Waals surface area contributed by atoms with Crippen molar-refractivity contribution in [3.63, 3.8) is 0 Å². The van der Waals surface area contributed by atoms with Crippen LogP contribution in [0.2, 0.25) is 0 Å². The summed E-state index contributed by atoms with van der Waals surface area (Å²) in [5.41, 5.74) is 3.52. The second-order valence-electron chi connectivity index (χ2n) is 23.9. The molecule has 3 N–H and O–H groups in total. The van der Waals surface area contributed by atoms with E-state index in [1.54, 1.807) is 36.4 Å². The molecule has 18 rings (SSSR count). The molecule has 6 saturated heterocycles. The van der Waals surface area contributed by atoms with E-state index in [9.17, 15) is 30.6 Å². The van der Waals surface area contributed by atoms with E-state index in [1.165, 1.54) is 77.0 Å². The molecule has 6 aliphatic heterocycles. The fraction of sp³-hybridized carbons (Fsp3) is 0.286. The Morgan fingerprint density at radius 3 is 0.510 bits per heavy atom. The number of fused-ring (bicyclic) bond motifs is 6. The molecule has 12 nitrogen and oxygen atoms in total. The average Bonchev–Trinajstić information content (AvgIpc) is 0.886.